The number of rotatable bonds is 4. The maximum Gasteiger partial charge on any atom is 0.242 e. The molecule has 160 valence electrons. The number of nitrogens with zero attached hydrogens (tertiary/aromatic N) is 5. The Bertz CT molecular complexity index is 1360. The number of fused-ring (bicyclic) bond motifs is 3. The van der Waals surface area contributed by atoms with Gasteiger partial charge >= 0.3 is 0 Å². The maximum atomic E-state index is 12.5. The minimum absolute atomic E-state index is 0.0567. The number of carbonyl (C=O) groups is 1. The molecule has 0 aliphatic carbocycles. The zero-order valence-electron chi connectivity index (χ0n) is 17.5. The van der Waals surface area contributed by atoms with Crippen molar-refractivity contribution in [2.75, 3.05) is 19.0 Å². The van der Waals surface area contributed by atoms with Gasteiger partial charge in [0.15, 0.2) is 11.5 Å². The van der Waals surface area contributed by atoms with Crippen LogP contribution < -0.4 is 15.4 Å². The highest BCUT2D eigenvalue weighted by Gasteiger charge is 2.23. The van der Waals surface area contributed by atoms with E-state index in [9.17, 15) is 10.1 Å². The third kappa shape index (κ3) is 3.56. The normalized spacial score (nSPS) is 16.4. The van der Waals surface area contributed by atoms with E-state index in [1.165, 1.54) is 0 Å². The molecule has 1 atom stereocenters. The number of benzene rings is 2. The van der Waals surface area contributed by atoms with Gasteiger partial charge in [0.2, 0.25) is 11.9 Å². The average molecular weight is 427 g/mol. The lowest BCUT2D eigenvalue weighted by molar-refractivity contribution is -0.121. The van der Waals surface area contributed by atoms with Gasteiger partial charge < -0.3 is 15.4 Å². The lowest BCUT2D eigenvalue weighted by atomic mass is 10.1. The summed E-state index contributed by atoms with van der Waals surface area (Å²) >= 11 is 0. The number of aromatic nitrogens is 4. The maximum absolute atomic E-state index is 12.5. The van der Waals surface area contributed by atoms with Gasteiger partial charge in [-0.2, -0.15) is 9.78 Å². The number of carbonyl (C=O) groups excluding carboxylic acids is 1. The Kier molecular flexibility index (Phi) is 5.03. The van der Waals surface area contributed by atoms with Crippen molar-refractivity contribution in [2.45, 2.75) is 25.3 Å². The first-order valence-corrected chi connectivity index (χ1v) is 10.5. The summed E-state index contributed by atoms with van der Waals surface area (Å²) in [7, 11) is 1.62. The van der Waals surface area contributed by atoms with E-state index in [4.69, 9.17) is 14.7 Å². The molecule has 2 aromatic heterocycles. The predicted molar refractivity (Wildman–Crippen MR) is 119 cm³/mol. The molecule has 1 fully saturated rings. The van der Waals surface area contributed by atoms with Gasteiger partial charge in [0.1, 0.15) is 11.8 Å². The first-order chi connectivity index (χ1) is 15.7. The summed E-state index contributed by atoms with van der Waals surface area (Å²) in [5.74, 6) is 1.63. The molecule has 0 spiro atoms. The van der Waals surface area contributed by atoms with Gasteiger partial charge in [-0.3, -0.25) is 4.79 Å². The highest BCUT2D eigenvalue weighted by molar-refractivity contribution is 5.94. The van der Waals surface area contributed by atoms with E-state index in [2.05, 4.69) is 21.8 Å². The standard InChI is InChI=1S/C23H21N7O2/c1-32-16-8-6-15(7-9-16)20-28-21-17-10-5-14(13-24)12-19(17)27-23(30(21)29-20)26-18-4-2-3-11-25-22(18)31/h5-10,12,18H,2-4,11H2,1H3,(H,25,31)(H,26,27)/t18-/m1/s1. The van der Waals surface area contributed by atoms with E-state index in [-0.39, 0.29) is 5.91 Å². The second kappa shape index (κ2) is 8.15. The Labute approximate surface area is 184 Å². The number of nitrogens with one attached hydrogen (secondary N) is 2. The summed E-state index contributed by atoms with van der Waals surface area (Å²) in [6.45, 7) is 0.675. The second-order valence-electron chi connectivity index (χ2n) is 7.66. The Morgan fingerprint density at radius 2 is 2.03 bits per heavy atom. The minimum Gasteiger partial charge on any atom is -0.497 e. The minimum atomic E-state index is -0.418. The van der Waals surface area contributed by atoms with Crippen LogP contribution >= 0.6 is 0 Å². The number of hydrogen-bond donors (Lipinski definition) is 2. The molecule has 4 aromatic rings. The van der Waals surface area contributed by atoms with Crippen molar-refractivity contribution in [3.05, 3.63) is 48.0 Å². The molecule has 9 nitrogen and oxygen atoms in total. The van der Waals surface area contributed by atoms with Crippen LogP contribution in [0.25, 0.3) is 27.9 Å². The van der Waals surface area contributed by atoms with Crippen LogP contribution in [0.1, 0.15) is 24.8 Å². The summed E-state index contributed by atoms with van der Waals surface area (Å²) in [5.41, 5.74) is 2.54. The lowest BCUT2D eigenvalue weighted by Gasteiger charge is -2.16. The molecule has 1 amide bonds. The Morgan fingerprint density at radius 3 is 2.81 bits per heavy atom. The number of nitriles is 1. The van der Waals surface area contributed by atoms with Crippen molar-refractivity contribution < 1.29 is 9.53 Å². The fourth-order valence-corrected chi connectivity index (χ4v) is 3.87. The predicted octanol–water partition coefficient (Wildman–Crippen LogP) is 2.91. The van der Waals surface area contributed by atoms with Crippen LogP contribution in [0.15, 0.2) is 42.5 Å². The van der Waals surface area contributed by atoms with E-state index in [1.807, 2.05) is 30.3 Å². The molecular weight excluding hydrogens is 406 g/mol. The van der Waals surface area contributed by atoms with E-state index >= 15 is 0 Å². The SMILES string of the molecule is COc1ccc(-c2nc3c4ccc(C#N)cc4nc(N[C@@H]4CCCCNC4=O)n3n2)cc1. The molecule has 1 aliphatic rings. The monoisotopic (exact) mass is 427 g/mol. The molecule has 9 heteroatoms. The highest BCUT2D eigenvalue weighted by atomic mass is 16.5. The molecule has 32 heavy (non-hydrogen) atoms. The van der Waals surface area contributed by atoms with E-state index in [0.717, 1.165) is 29.5 Å². The second-order valence-corrected chi connectivity index (χ2v) is 7.66. The van der Waals surface area contributed by atoms with Crippen LogP contribution in [0.3, 0.4) is 0 Å². The first-order valence-electron chi connectivity index (χ1n) is 10.5. The quantitative estimate of drug-likeness (QED) is 0.514. The van der Waals surface area contributed by atoms with Gasteiger partial charge in [0, 0.05) is 17.5 Å². The fraction of sp³-hybridized carbons (Fsp3) is 0.261. The molecule has 2 aromatic carbocycles. The van der Waals surface area contributed by atoms with Crippen molar-refractivity contribution in [1.29, 1.82) is 5.26 Å². The van der Waals surface area contributed by atoms with Crippen LogP contribution in [0.2, 0.25) is 0 Å². The summed E-state index contributed by atoms with van der Waals surface area (Å²) in [5, 5.41) is 21.0. The zero-order chi connectivity index (χ0) is 22.1. The average Bonchev–Trinajstić information content (AvgIpc) is 3.18. The van der Waals surface area contributed by atoms with Gasteiger partial charge in [-0.1, -0.05) is 0 Å². The van der Waals surface area contributed by atoms with Gasteiger partial charge in [-0.05, 0) is 61.7 Å². The molecule has 3 heterocycles. The molecule has 0 saturated carbocycles. The number of anilines is 1. The van der Waals surface area contributed by atoms with Crippen LogP contribution in [0.5, 0.6) is 5.75 Å². The van der Waals surface area contributed by atoms with Gasteiger partial charge in [-0.25, -0.2) is 9.97 Å². The van der Waals surface area contributed by atoms with Crippen LogP contribution in [0, 0.1) is 11.3 Å². The smallest absolute Gasteiger partial charge is 0.242 e. The molecule has 5 rings (SSSR count). The molecule has 0 unspecified atom stereocenters. The van der Waals surface area contributed by atoms with Crippen LogP contribution in [-0.2, 0) is 4.79 Å². The van der Waals surface area contributed by atoms with Crippen LogP contribution in [0.4, 0.5) is 5.95 Å². The Morgan fingerprint density at radius 1 is 1.19 bits per heavy atom. The summed E-state index contributed by atoms with van der Waals surface area (Å²) < 4.78 is 6.87. The highest BCUT2D eigenvalue weighted by Crippen LogP contribution is 2.26. The summed E-state index contributed by atoms with van der Waals surface area (Å²) in [6, 6.07) is 14.5. The van der Waals surface area contributed by atoms with Gasteiger partial charge in [0.05, 0.1) is 24.3 Å². The molecule has 0 bridgehead atoms. The van der Waals surface area contributed by atoms with Crippen molar-refractivity contribution >= 4 is 28.4 Å². The molecule has 1 aliphatic heterocycles. The van der Waals surface area contributed by atoms with E-state index < -0.39 is 6.04 Å². The van der Waals surface area contributed by atoms with Gasteiger partial charge in [0.25, 0.3) is 0 Å². The zero-order valence-corrected chi connectivity index (χ0v) is 17.5. The van der Waals surface area contributed by atoms with Crippen LogP contribution in [-0.4, -0.2) is 45.2 Å². The van der Waals surface area contributed by atoms with Crippen molar-refractivity contribution in [2.24, 2.45) is 0 Å². The topological polar surface area (TPSA) is 117 Å². The Hall–Kier alpha value is -4.19. The van der Waals surface area contributed by atoms with Crippen molar-refractivity contribution in [3.63, 3.8) is 0 Å². The van der Waals surface area contributed by atoms with Gasteiger partial charge in [-0.15, -0.1) is 5.10 Å². The van der Waals surface area contributed by atoms with E-state index in [0.29, 0.717) is 41.5 Å². The largest absolute Gasteiger partial charge is 0.497 e. The number of hydrogen-bond acceptors (Lipinski definition) is 7. The fourth-order valence-electron chi connectivity index (χ4n) is 3.87. The lowest BCUT2D eigenvalue weighted by Crippen LogP contribution is -2.38. The molecule has 0 radical (unpaired) electrons. The van der Waals surface area contributed by atoms with E-state index in [1.54, 1.807) is 23.8 Å². The summed E-state index contributed by atoms with van der Waals surface area (Å²) in [4.78, 5) is 22.0. The number of amides is 1. The molecule has 2 N–H and O–H groups in total. The Balaban J connectivity index is 1.66. The third-order valence-electron chi connectivity index (χ3n) is 5.59. The number of ether oxygens (including phenoxy) is 1. The third-order valence-corrected chi connectivity index (χ3v) is 5.59. The first kappa shape index (κ1) is 19.8. The molecule has 1 saturated heterocycles. The summed E-state index contributed by atoms with van der Waals surface area (Å²) in [6.07, 6.45) is 2.58. The number of methoxy groups -OCH3 is 1. The van der Waals surface area contributed by atoms with Crippen molar-refractivity contribution in [1.82, 2.24) is 24.9 Å². The molecular formula is C23H21N7O2. The van der Waals surface area contributed by atoms with Crippen molar-refractivity contribution in [3.8, 4) is 23.2 Å².